The number of likely N-dealkylation sites (tertiary alicyclic amines) is 2. The first-order chi connectivity index (χ1) is 16.4. The fraction of sp³-hybridized carbons (Fsp3) is 0.667. The Balaban J connectivity index is 0.000000383. The van der Waals surface area contributed by atoms with E-state index in [1.807, 2.05) is 0 Å². The largest absolute Gasteiger partial charge is 0.490 e. The zero-order valence-corrected chi connectivity index (χ0v) is 20.7. The van der Waals surface area contributed by atoms with Crippen LogP contribution in [0.25, 0.3) is 0 Å². The van der Waals surface area contributed by atoms with Crippen LogP contribution in [0.5, 0.6) is 0 Å². The molecule has 1 amide bonds. The fourth-order valence-corrected chi connectivity index (χ4v) is 4.95. The fourth-order valence-electron chi connectivity index (χ4n) is 4.29. The van der Waals surface area contributed by atoms with Crippen LogP contribution < -0.4 is 0 Å². The third-order valence-electron chi connectivity index (χ3n) is 5.51. The van der Waals surface area contributed by atoms with E-state index in [1.165, 1.54) is 5.56 Å². The number of hydrogen-bond acceptors (Lipinski definition) is 6. The Kier molecular flexibility index (Phi) is 11.6. The molecule has 2 fully saturated rings. The van der Waals surface area contributed by atoms with Crippen molar-refractivity contribution in [1.29, 1.82) is 0 Å². The molecule has 2 aliphatic heterocycles. The van der Waals surface area contributed by atoms with Crippen molar-refractivity contribution in [2.75, 3.05) is 33.7 Å². The molecule has 15 heteroatoms. The number of carbonyl (C=O) groups is 3. The number of rotatable bonds is 4. The third kappa shape index (κ3) is 10.3. The first-order valence-electron chi connectivity index (χ1n) is 10.7. The van der Waals surface area contributed by atoms with E-state index < -0.39 is 24.3 Å². The third-order valence-corrected chi connectivity index (χ3v) is 6.25. The molecule has 3 rings (SSSR count). The van der Waals surface area contributed by atoms with Crippen molar-refractivity contribution in [2.45, 2.75) is 50.7 Å². The maximum absolute atomic E-state index is 12.1. The molecule has 3 atom stereocenters. The zero-order chi connectivity index (χ0) is 27.8. The summed E-state index contributed by atoms with van der Waals surface area (Å²) < 4.78 is 63.5. The number of halogens is 6. The van der Waals surface area contributed by atoms with E-state index >= 15 is 0 Å². The summed E-state index contributed by atoms with van der Waals surface area (Å²) in [6, 6.07) is 3.08. The first kappa shape index (κ1) is 31.6. The summed E-state index contributed by atoms with van der Waals surface area (Å²) in [7, 11) is 4.20. The molecule has 2 aliphatic rings. The average molecular weight is 550 g/mol. The molecule has 0 saturated carbocycles. The van der Waals surface area contributed by atoms with Crippen molar-refractivity contribution in [2.24, 2.45) is 5.92 Å². The molecular weight excluding hydrogens is 520 g/mol. The monoisotopic (exact) mass is 549 g/mol. The van der Waals surface area contributed by atoms with E-state index in [0.717, 1.165) is 39.0 Å². The van der Waals surface area contributed by atoms with Crippen molar-refractivity contribution in [3.8, 4) is 0 Å². The summed E-state index contributed by atoms with van der Waals surface area (Å²) in [4.78, 5) is 36.9. The number of carboxylic acid groups (broad SMARTS) is 2. The molecule has 0 radical (unpaired) electrons. The number of nitrogens with zero attached hydrogens (tertiary/aromatic N) is 3. The van der Waals surface area contributed by atoms with Crippen LogP contribution in [0.1, 0.15) is 25.3 Å². The van der Waals surface area contributed by atoms with E-state index in [-0.39, 0.29) is 5.91 Å². The Labute approximate surface area is 208 Å². The second-order valence-electron chi connectivity index (χ2n) is 8.67. The highest BCUT2D eigenvalue weighted by Gasteiger charge is 2.45. The minimum atomic E-state index is -5.08. The number of fused-ring (bicyclic) bond motifs is 1. The van der Waals surface area contributed by atoms with E-state index in [4.69, 9.17) is 19.8 Å². The molecule has 0 aromatic carbocycles. The molecule has 3 heterocycles. The summed E-state index contributed by atoms with van der Waals surface area (Å²) in [5.41, 5.74) is 1.43. The van der Waals surface area contributed by atoms with Gasteiger partial charge in [-0.25, -0.2) is 9.59 Å². The van der Waals surface area contributed by atoms with Crippen LogP contribution in [0.4, 0.5) is 26.3 Å². The summed E-state index contributed by atoms with van der Waals surface area (Å²) in [5.74, 6) is -4.62. The summed E-state index contributed by atoms with van der Waals surface area (Å²) in [6.07, 6.45) is -7.89. The number of carbonyl (C=O) groups excluding carboxylic acids is 1. The highest BCUT2D eigenvalue weighted by Crippen LogP contribution is 2.36. The van der Waals surface area contributed by atoms with Crippen molar-refractivity contribution in [1.82, 2.24) is 14.7 Å². The van der Waals surface area contributed by atoms with Crippen molar-refractivity contribution < 1.29 is 50.9 Å². The molecule has 206 valence electrons. The smallest absolute Gasteiger partial charge is 0.475 e. The number of thiophene rings is 1. The lowest BCUT2D eigenvalue weighted by molar-refractivity contribution is -0.193. The second kappa shape index (κ2) is 13.2. The molecular formula is C21H29F6N3O5S. The van der Waals surface area contributed by atoms with Gasteiger partial charge in [0.05, 0.1) is 0 Å². The van der Waals surface area contributed by atoms with Crippen LogP contribution >= 0.6 is 11.3 Å². The molecule has 8 nitrogen and oxygen atoms in total. The van der Waals surface area contributed by atoms with Crippen LogP contribution in [0.3, 0.4) is 0 Å². The lowest BCUT2D eigenvalue weighted by Gasteiger charge is -2.38. The molecule has 2 N–H and O–H groups in total. The second-order valence-corrected chi connectivity index (χ2v) is 9.45. The minimum absolute atomic E-state index is 0.255. The number of amides is 1. The standard InChI is InChI=1S/C17H27N3OS.2C2HF3O2/c1-13(21)20-16(11-18(2)3)8-15-10-19(6-4-17(15)20)9-14-5-7-22-12-14;2*3-2(4,5)1(6)7/h5,7,12,15-17H,4,6,8-11H2,1-3H3;2*(H,6,7)/t15-,16+,17+;;/m1../s1. The predicted molar refractivity (Wildman–Crippen MR) is 118 cm³/mol. The maximum Gasteiger partial charge on any atom is 0.490 e. The topological polar surface area (TPSA) is 101 Å². The first-order valence-corrected chi connectivity index (χ1v) is 11.6. The molecule has 0 unspecified atom stereocenters. The van der Waals surface area contributed by atoms with Crippen LogP contribution in [-0.2, 0) is 20.9 Å². The van der Waals surface area contributed by atoms with Gasteiger partial charge in [-0.05, 0) is 55.2 Å². The minimum Gasteiger partial charge on any atom is -0.475 e. The molecule has 0 aliphatic carbocycles. The van der Waals surface area contributed by atoms with Gasteiger partial charge in [-0.2, -0.15) is 37.7 Å². The summed E-state index contributed by atoms with van der Waals surface area (Å²) >= 11 is 1.77. The van der Waals surface area contributed by atoms with Gasteiger partial charge in [-0.1, -0.05) is 0 Å². The molecule has 0 spiro atoms. The molecule has 1 aromatic rings. The van der Waals surface area contributed by atoms with Gasteiger partial charge in [-0.3, -0.25) is 9.69 Å². The van der Waals surface area contributed by atoms with Gasteiger partial charge in [0.25, 0.3) is 0 Å². The van der Waals surface area contributed by atoms with Gasteiger partial charge < -0.3 is 20.0 Å². The Bertz CT molecular complexity index is 839. The van der Waals surface area contributed by atoms with Crippen LogP contribution in [0, 0.1) is 5.92 Å². The van der Waals surface area contributed by atoms with Gasteiger partial charge in [0.1, 0.15) is 0 Å². The van der Waals surface area contributed by atoms with E-state index in [1.54, 1.807) is 18.3 Å². The van der Waals surface area contributed by atoms with Gasteiger partial charge in [0.15, 0.2) is 0 Å². The van der Waals surface area contributed by atoms with Gasteiger partial charge >= 0.3 is 24.3 Å². The Morgan fingerprint density at radius 1 is 1.08 bits per heavy atom. The average Bonchev–Trinajstić information content (AvgIpc) is 3.33. The van der Waals surface area contributed by atoms with E-state index in [2.05, 4.69) is 45.6 Å². The number of carboxylic acids is 2. The van der Waals surface area contributed by atoms with Gasteiger partial charge in [0.2, 0.25) is 5.91 Å². The van der Waals surface area contributed by atoms with E-state index in [9.17, 15) is 31.1 Å². The predicted octanol–water partition coefficient (Wildman–Crippen LogP) is 3.39. The number of aliphatic carboxylic acids is 2. The molecule has 36 heavy (non-hydrogen) atoms. The van der Waals surface area contributed by atoms with Crippen molar-refractivity contribution in [3.63, 3.8) is 0 Å². The van der Waals surface area contributed by atoms with Crippen molar-refractivity contribution >= 4 is 29.2 Å². The van der Waals surface area contributed by atoms with Gasteiger partial charge in [-0.15, -0.1) is 0 Å². The summed E-state index contributed by atoms with van der Waals surface area (Å²) in [6.45, 7) is 6.02. The SMILES string of the molecule is CC(=O)N1[C@H](CN(C)C)C[C@@H]2CN(Cc3ccsc3)CC[C@@H]21.O=C(O)C(F)(F)F.O=C(O)C(F)(F)F. The molecule has 2 saturated heterocycles. The Morgan fingerprint density at radius 2 is 1.61 bits per heavy atom. The zero-order valence-electron chi connectivity index (χ0n) is 19.8. The maximum atomic E-state index is 12.1. The van der Waals surface area contributed by atoms with Crippen LogP contribution in [-0.4, -0.2) is 101 Å². The normalized spacial score (nSPS) is 22.2. The number of alkyl halides is 6. The Hall–Kier alpha value is -2.39. The highest BCUT2D eigenvalue weighted by molar-refractivity contribution is 7.07. The van der Waals surface area contributed by atoms with Crippen LogP contribution in [0.15, 0.2) is 16.8 Å². The molecule has 1 aromatic heterocycles. The van der Waals surface area contributed by atoms with Gasteiger partial charge in [0, 0.05) is 45.2 Å². The number of piperidine rings is 1. The lowest BCUT2D eigenvalue weighted by Crippen LogP contribution is -2.49. The Morgan fingerprint density at radius 3 is 2.00 bits per heavy atom. The molecule has 0 bridgehead atoms. The quantitative estimate of drug-likeness (QED) is 0.556. The van der Waals surface area contributed by atoms with E-state index in [0.29, 0.717) is 18.0 Å². The lowest BCUT2D eigenvalue weighted by atomic mass is 9.92. The van der Waals surface area contributed by atoms with Crippen molar-refractivity contribution in [3.05, 3.63) is 22.4 Å². The number of likely N-dealkylation sites (N-methyl/N-ethyl adjacent to an activating group) is 1. The summed E-state index contributed by atoms with van der Waals surface area (Å²) in [5, 5.41) is 18.7. The highest BCUT2D eigenvalue weighted by atomic mass is 32.1. The van der Waals surface area contributed by atoms with Crippen LogP contribution in [0.2, 0.25) is 0 Å². The number of hydrogen-bond donors (Lipinski definition) is 2.